The van der Waals surface area contributed by atoms with E-state index in [2.05, 4.69) is 5.10 Å². The number of morpholine rings is 1. The maximum Gasteiger partial charge on any atom is 0.346 e. The highest BCUT2D eigenvalue weighted by Crippen LogP contribution is 2.10. The number of hydrogen-bond acceptors (Lipinski definition) is 4. The van der Waals surface area contributed by atoms with Crippen molar-refractivity contribution >= 4 is 5.91 Å². The van der Waals surface area contributed by atoms with Crippen LogP contribution in [0.2, 0.25) is 0 Å². The number of carbonyl (C=O) groups is 1. The second kappa shape index (κ2) is 5.78. The Morgan fingerprint density at radius 1 is 1.15 bits per heavy atom. The maximum absolute atomic E-state index is 12.3. The van der Waals surface area contributed by atoms with E-state index in [1.807, 2.05) is 0 Å². The average molecular weight is 280 g/mol. The van der Waals surface area contributed by atoms with E-state index >= 15 is 0 Å². The summed E-state index contributed by atoms with van der Waals surface area (Å²) in [6, 6.07) is 0. The van der Waals surface area contributed by atoms with Gasteiger partial charge < -0.3 is 9.64 Å². The topological polar surface area (TPSA) is 69.4 Å². The smallest absolute Gasteiger partial charge is 0.346 e. The van der Waals surface area contributed by atoms with Crippen LogP contribution in [0.15, 0.2) is 4.79 Å². The predicted octanol–water partition coefficient (Wildman–Crippen LogP) is -0.370. The molecule has 3 rings (SSSR count). The van der Waals surface area contributed by atoms with Gasteiger partial charge in [0.2, 0.25) is 5.91 Å². The molecule has 110 valence electrons. The van der Waals surface area contributed by atoms with Gasteiger partial charge in [0.15, 0.2) is 0 Å². The fourth-order valence-corrected chi connectivity index (χ4v) is 2.77. The Kier molecular flexibility index (Phi) is 3.86. The summed E-state index contributed by atoms with van der Waals surface area (Å²) >= 11 is 0. The number of hydrogen-bond donors (Lipinski definition) is 0. The van der Waals surface area contributed by atoms with Gasteiger partial charge in [0.05, 0.1) is 13.2 Å². The number of aryl methyl sites for hydroxylation is 1. The van der Waals surface area contributed by atoms with Gasteiger partial charge in [-0.2, -0.15) is 5.10 Å². The van der Waals surface area contributed by atoms with Crippen molar-refractivity contribution in [2.45, 2.75) is 38.8 Å². The lowest BCUT2D eigenvalue weighted by Crippen LogP contribution is -2.43. The van der Waals surface area contributed by atoms with Crippen molar-refractivity contribution in [3.05, 3.63) is 16.3 Å². The van der Waals surface area contributed by atoms with Gasteiger partial charge in [0, 0.05) is 26.1 Å². The molecular formula is C13H20N4O3. The monoisotopic (exact) mass is 280 g/mol. The van der Waals surface area contributed by atoms with E-state index in [1.54, 1.807) is 9.47 Å². The molecule has 0 aliphatic carbocycles. The second-order valence-electron chi connectivity index (χ2n) is 5.31. The number of carbonyl (C=O) groups excluding carboxylic acids is 1. The van der Waals surface area contributed by atoms with Crippen LogP contribution in [0.5, 0.6) is 0 Å². The summed E-state index contributed by atoms with van der Waals surface area (Å²) in [7, 11) is 0. The molecule has 0 N–H and O–H groups in total. The third-order valence-corrected chi connectivity index (χ3v) is 3.93. The molecule has 0 atom stereocenters. The molecule has 7 heteroatoms. The van der Waals surface area contributed by atoms with Crippen LogP contribution in [-0.2, 0) is 29.0 Å². The molecule has 0 aromatic carbocycles. The Balaban J connectivity index is 1.74. The summed E-state index contributed by atoms with van der Waals surface area (Å²) in [5.41, 5.74) is -0.150. The minimum Gasteiger partial charge on any atom is -0.378 e. The van der Waals surface area contributed by atoms with Gasteiger partial charge in [-0.25, -0.2) is 9.48 Å². The summed E-state index contributed by atoms with van der Waals surface area (Å²) in [5, 5.41) is 4.33. The quantitative estimate of drug-likeness (QED) is 0.741. The van der Waals surface area contributed by atoms with Crippen LogP contribution >= 0.6 is 0 Å². The lowest BCUT2D eigenvalue weighted by Gasteiger charge is -2.26. The fourth-order valence-electron chi connectivity index (χ4n) is 2.77. The van der Waals surface area contributed by atoms with Crippen LogP contribution in [0.25, 0.3) is 0 Å². The highest BCUT2D eigenvalue weighted by Gasteiger charge is 2.21. The van der Waals surface area contributed by atoms with Gasteiger partial charge >= 0.3 is 5.69 Å². The van der Waals surface area contributed by atoms with Gasteiger partial charge in [-0.05, 0) is 12.8 Å². The Bertz CT molecular complexity index is 542. The van der Waals surface area contributed by atoms with Crippen molar-refractivity contribution in [1.82, 2.24) is 19.2 Å². The molecule has 2 aliphatic rings. The van der Waals surface area contributed by atoms with Gasteiger partial charge in [0.1, 0.15) is 12.4 Å². The zero-order valence-electron chi connectivity index (χ0n) is 11.6. The van der Waals surface area contributed by atoms with Crippen LogP contribution in [-0.4, -0.2) is 51.5 Å². The first kappa shape index (κ1) is 13.4. The largest absolute Gasteiger partial charge is 0.378 e. The van der Waals surface area contributed by atoms with Crippen LogP contribution in [0.3, 0.4) is 0 Å². The first-order valence-corrected chi connectivity index (χ1v) is 7.28. The standard InChI is InChI=1S/C13H20N4O3/c18-12(15-6-8-20-9-7-15)10-17-13(19)16-5-3-1-2-4-11(16)14-17/h1-10H2. The molecule has 1 aromatic heterocycles. The Hall–Kier alpha value is -1.63. The minimum absolute atomic E-state index is 0.0405. The SMILES string of the molecule is O=C(Cn1nc2n(c1=O)CCCCC2)N1CCOCC1. The van der Waals surface area contributed by atoms with Gasteiger partial charge in [0.25, 0.3) is 0 Å². The summed E-state index contributed by atoms with van der Waals surface area (Å²) in [6.45, 7) is 3.10. The first-order valence-electron chi connectivity index (χ1n) is 7.28. The summed E-state index contributed by atoms with van der Waals surface area (Å²) in [6.07, 6.45) is 4.04. The molecule has 0 bridgehead atoms. The van der Waals surface area contributed by atoms with Crippen molar-refractivity contribution in [2.75, 3.05) is 26.3 Å². The number of aromatic nitrogens is 3. The van der Waals surface area contributed by atoms with E-state index in [4.69, 9.17) is 4.74 Å². The molecule has 1 amide bonds. The van der Waals surface area contributed by atoms with Crippen LogP contribution in [0.1, 0.15) is 25.1 Å². The second-order valence-corrected chi connectivity index (χ2v) is 5.31. The predicted molar refractivity (Wildman–Crippen MR) is 71.4 cm³/mol. The summed E-state index contributed by atoms with van der Waals surface area (Å²) in [5.74, 6) is 0.769. The zero-order valence-corrected chi connectivity index (χ0v) is 11.6. The van der Waals surface area contributed by atoms with E-state index < -0.39 is 0 Å². The third kappa shape index (κ3) is 2.63. The lowest BCUT2D eigenvalue weighted by atomic mass is 10.2. The van der Waals surface area contributed by atoms with E-state index in [0.717, 1.165) is 38.1 Å². The van der Waals surface area contributed by atoms with Crippen LogP contribution < -0.4 is 5.69 Å². The van der Waals surface area contributed by atoms with Gasteiger partial charge in [-0.3, -0.25) is 9.36 Å². The molecule has 1 saturated heterocycles. The zero-order chi connectivity index (χ0) is 13.9. The lowest BCUT2D eigenvalue weighted by molar-refractivity contribution is -0.136. The Morgan fingerprint density at radius 2 is 1.95 bits per heavy atom. The van der Waals surface area contributed by atoms with Crippen molar-refractivity contribution in [1.29, 1.82) is 0 Å². The van der Waals surface area contributed by atoms with Crippen molar-refractivity contribution < 1.29 is 9.53 Å². The third-order valence-electron chi connectivity index (χ3n) is 3.93. The Morgan fingerprint density at radius 3 is 2.75 bits per heavy atom. The van der Waals surface area contributed by atoms with E-state index in [9.17, 15) is 9.59 Å². The molecule has 3 heterocycles. The molecule has 2 aliphatic heterocycles. The molecule has 1 fully saturated rings. The van der Waals surface area contributed by atoms with Gasteiger partial charge in [-0.1, -0.05) is 6.42 Å². The molecule has 20 heavy (non-hydrogen) atoms. The summed E-state index contributed by atoms with van der Waals surface area (Å²) in [4.78, 5) is 26.2. The molecular weight excluding hydrogens is 260 g/mol. The Labute approximate surface area is 117 Å². The molecule has 0 saturated carbocycles. The van der Waals surface area contributed by atoms with Crippen LogP contribution in [0, 0.1) is 0 Å². The normalized spacial score (nSPS) is 19.5. The maximum atomic E-state index is 12.3. The van der Waals surface area contributed by atoms with E-state index in [-0.39, 0.29) is 18.1 Å². The number of ether oxygens (including phenoxy) is 1. The number of amides is 1. The molecule has 0 spiro atoms. The number of rotatable bonds is 2. The highest BCUT2D eigenvalue weighted by atomic mass is 16.5. The molecule has 0 unspecified atom stereocenters. The summed E-state index contributed by atoms with van der Waals surface area (Å²) < 4.78 is 8.26. The van der Waals surface area contributed by atoms with Crippen molar-refractivity contribution in [3.8, 4) is 0 Å². The highest BCUT2D eigenvalue weighted by molar-refractivity contribution is 5.75. The molecule has 0 radical (unpaired) electrons. The van der Waals surface area contributed by atoms with Crippen LogP contribution in [0.4, 0.5) is 0 Å². The first-order chi connectivity index (χ1) is 9.75. The number of fused-ring (bicyclic) bond motifs is 1. The molecule has 7 nitrogen and oxygen atoms in total. The number of nitrogens with zero attached hydrogens (tertiary/aromatic N) is 4. The van der Waals surface area contributed by atoms with Crippen molar-refractivity contribution in [2.24, 2.45) is 0 Å². The minimum atomic E-state index is -0.150. The van der Waals surface area contributed by atoms with E-state index in [1.165, 1.54) is 4.68 Å². The van der Waals surface area contributed by atoms with E-state index in [0.29, 0.717) is 26.3 Å². The van der Waals surface area contributed by atoms with Crippen molar-refractivity contribution in [3.63, 3.8) is 0 Å². The fraction of sp³-hybridized carbons (Fsp3) is 0.769. The average Bonchev–Trinajstić information content (AvgIpc) is 2.67. The molecule has 1 aromatic rings. The van der Waals surface area contributed by atoms with Gasteiger partial charge in [-0.15, -0.1) is 0 Å².